The second-order valence-corrected chi connectivity index (χ2v) is 3.71. The minimum Gasteiger partial charge on any atom is -0.378 e. The highest BCUT2D eigenvalue weighted by atomic mass is 16.5. The van der Waals surface area contributed by atoms with Crippen LogP contribution in [0, 0.1) is 0 Å². The quantitative estimate of drug-likeness (QED) is 0.495. The molecule has 1 saturated heterocycles. The number of ether oxygens (including phenoxy) is 1. The van der Waals surface area contributed by atoms with Crippen LogP contribution in [0.15, 0.2) is 0 Å². The number of hydrogen-bond donors (Lipinski definition) is 3. The molecule has 5 nitrogen and oxygen atoms in total. The molecule has 2 unspecified atom stereocenters. The van der Waals surface area contributed by atoms with Crippen LogP contribution in [0.25, 0.3) is 0 Å². The van der Waals surface area contributed by atoms with Crippen LogP contribution in [0.1, 0.15) is 6.42 Å². The van der Waals surface area contributed by atoms with Gasteiger partial charge in [0, 0.05) is 31.7 Å². The smallest absolute Gasteiger partial charge is 0.0637 e. The summed E-state index contributed by atoms with van der Waals surface area (Å²) in [7, 11) is 0. The van der Waals surface area contributed by atoms with Crippen LogP contribution in [0.4, 0.5) is 0 Å². The van der Waals surface area contributed by atoms with E-state index in [1.807, 2.05) is 0 Å². The van der Waals surface area contributed by atoms with Gasteiger partial charge in [-0.3, -0.25) is 4.90 Å². The Balaban J connectivity index is 2.44. The van der Waals surface area contributed by atoms with Gasteiger partial charge in [0.2, 0.25) is 0 Å². The second-order valence-electron chi connectivity index (χ2n) is 3.71. The van der Waals surface area contributed by atoms with Crippen molar-refractivity contribution >= 4 is 0 Å². The van der Waals surface area contributed by atoms with E-state index in [2.05, 4.69) is 4.90 Å². The fraction of sp³-hybridized carbons (Fsp3) is 1.00. The Hall–Kier alpha value is -0.200. The average Bonchev–Trinajstić information content (AvgIpc) is 2.19. The van der Waals surface area contributed by atoms with E-state index in [1.165, 1.54) is 0 Å². The van der Waals surface area contributed by atoms with Gasteiger partial charge in [0.15, 0.2) is 0 Å². The largest absolute Gasteiger partial charge is 0.378 e. The first-order valence-electron chi connectivity index (χ1n) is 5.27. The van der Waals surface area contributed by atoms with Crippen LogP contribution >= 0.6 is 0 Å². The first kappa shape index (κ1) is 11.9. The van der Waals surface area contributed by atoms with Crippen molar-refractivity contribution < 1.29 is 4.74 Å². The Bertz CT molecular complexity index is 154. The summed E-state index contributed by atoms with van der Waals surface area (Å²) in [5, 5.41) is 0. The number of morpholine rings is 1. The fourth-order valence-electron chi connectivity index (χ4n) is 1.88. The molecule has 0 aliphatic carbocycles. The van der Waals surface area contributed by atoms with Crippen LogP contribution in [-0.2, 0) is 4.74 Å². The van der Waals surface area contributed by atoms with E-state index in [1.54, 1.807) is 0 Å². The van der Waals surface area contributed by atoms with Crippen LogP contribution in [0.2, 0.25) is 0 Å². The van der Waals surface area contributed by atoms with Crippen LogP contribution in [0.5, 0.6) is 0 Å². The Morgan fingerprint density at radius 1 is 1.36 bits per heavy atom. The van der Waals surface area contributed by atoms with Crippen molar-refractivity contribution in [3.8, 4) is 0 Å². The zero-order valence-corrected chi connectivity index (χ0v) is 8.69. The van der Waals surface area contributed by atoms with E-state index in [9.17, 15) is 0 Å². The third-order valence-corrected chi connectivity index (χ3v) is 2.69. The fourth-order valence-corrected chi connectivity index (χ4v) is 1.88. The molecule has 1 rings (SSSR count). The van der Waals surface area contributed by atoms with Gasteiger partial charge in [-0.05, 0) is 13.0 Å². The molecule has 0 aromatic heterocycles. The summed E-state index contributed by atoms with van der Waals surface area (Å²) >= 11 is 0. The second kappa shape index (κ2) is 6.31. The number of hydrogen-bond acceptors (Lipinski definition) is 5. The lowest BCUT2D eigenvalue weighted by molar-refractivity contribution is -0.0157. The molecular weight excluding hydrogens is 180 g/mol. The topological polar surface area (TPSA) is 90.5 Å². The monoisotopic (exact) mass is 202 g/mol. The predicted molar refractivity (Wildman–Crippen MR) is 56.9 cm³/mol. The van der Waals surface area contributed by atoms with Gasteiger partial charge >= 0.3 is 0 Å². The molecule has 84 valence electrons. The van der Waals surface area contributed by atoms with Gasteiger partial charge in [0.05, 0.1) is 13.2 Å². The Morgan fingerprint density at radius 2 is 2.14 bits per heavy atom. The van der Waals surface area contributed by atoms with Crippen LogP contribution in [0.3, 0.4) is 0 Å². The van der Waals surface area contributed by atoms with E-state index in [0.29, 0.717) is 19.7 Å². The molecule has 14 heavy (non-hydrogen) atoms. The minimum absolute atomic E-state index is 0.104. The summed E-state index contributed by atoms with van der Waals surface area (Å²) < 4.78 is 5.42. The van der Waals surface area contributed by atoms with Gasteiger partial charge in [-0.25, -0.2) is 0 Å². The maximum absolute atomic E-state index is 6.04. The first-order valence-corrected chi connectivity index (χ1v) is 5.27. The van der Waals surface area contributed by atoms with Crippen LogP contribution in [-0.4, -0.2) is 56.4 Å². The van der Waals surface area contributed by atoms with Crippen molar-refractivity contribution in [3.63, 3.8) is 0 Å². The molecule has 1 aliphatic rings. The average molecular weight is 202 g/mol. The Labute approximate surface area is 85.5 Å². The number of rotatable bonds is 5. The van der Waals surface area contributed by atoms with Crippen molar-refractivity contribution in [1.29, 1.82) is 0 Å². The zero-order valence-electron chi connectivity index (χ0n) is 8.69. The van der Waals surface area contributed by atoms with Gasteiger partial charge in [0.1, 0.15) is 0 Å². The summed E-state index contributed by atoms with van der Waals surface area (Å²) in [6.45, 7) is 4.62. The normalized spacial score (nSPS) is 26.4. The first-order chi connectivity index (χ1) is 6.79. The van der Waals surface area contributed by atoms with Gasteiger partial charge in [-0.15, -0.1) is 0 Å². The van der Waals surface area contributed by atoms with Crippen molar-refractivity contribution in [1.82, 2.24) is 4.90 Å². The molecule has 0 bridgehead atoms. The lowest BCUT2D eigenvalue weighted by Crippen LogP contribution is -2.56. The summed E-state index contributed by atoms with van der Waals surface area (Å²) in [4.78, 5) is 2.31. The van der Waals surface area contributed by atoms with Gasteiger partial charge in [-0.1, -0.05) is 0 Å². The zero-order chi connectivity index (χ0) is 10.4. The molecule has 0 saturated carbocycles. The summed E-state index contributed by atoms with van der Waals surface area (Å²) in [6, 6.07) is 0.391. The van der Waals surface area contributed by atoms with Crippen LogP contribution < -0.4 is 17.2 Å². The lowest BCUT2D eigenvalue weighted by Gasteiger charge is -2.38. The molecule has 0 radical (unpaired) electrons. The summed E-state index contributed by atoms with van der Waals surface area (Å²) in [6.07, 6.45) is 0.842. The standard InChI is InChI=1S/C9H22N4O/c10-2-1-8(12)9-7-14-6-5-13(9)4-3-11/h8-9H,1-7,10-12H2. The molecule has 2 atom stereocenters. The molecule has 1 fully saturated rings. The number of nitrogens with two attached hydrogens (primary N) is 3. The highest BCUT2D eigenvalue weighted by Gasteiger charge is 2.27. The van der Waals surface area contributed by atoms with Gasteiger partial charge in [0.25, 0.3) is 0 Å². The van der Waals surface area contributed by atoms with Crippen molar-refractivity contribution in [2.24, 2.45) is 17.2 Å². The molecule has 6 N–H and O–H groups in total. The maximum Gasteiger partial charge on any atom is 0.0637 e. The van der Waals surface area contributed by atoms with Crippen molar-refractivity contribution in [3.05, 3.63) is 0 Å². The lowest BCUT2D eigenvalue weighted by atomic mass is 10.0. The maximum atomic E-state index is 6.04. The molecule has 0 spiro atoms. The van der Waals surface area contributed by atoms with Crippen molar-refractivity contribution in [2.75, 3.05) is 39.4 Å². The van der Waals surface area contributed by atoms with E-state index >= 15 is 0 Å². The van der Waals surface area contributed by atoms with Gasteiger partial charge in [-0.2, -0.15) is 0 Å². The molecular formula is C9H22N4O. The predicted octanol–water partition coefficient (Wildman–Crippen LogP) is -1.68. The molecule has 0 aromatic rings. The SMILES string of the molecule is NCCC(N)C1COCCN1CCN. The Kier molecular flexibility index (Phi) is 5.36. The molecule has 0 amide bonds. The number of nitrogens with zero attached hydrogens (tertiary/aromatic N) is 1. The third-order valence-electron chi connectivity index (χ3n) is 2.69. The highest BCUT2D eigenvalue weighted by molar-refractivity contribution is 4.84. The summed E-state index contributed by atoms with van der Waals surface area (Å²) in [5.74, 6) is 0. The minimum atomic E-state index is 0.104. The highest BCUT2D eigenvalue weighted by Crippen LogP contribution is 2.10. The molecule has 1 heterocycles. The molecule has 0 aromatic carbocycles. The third kappa shape index (κ3) is 3.18. The van der Waals surface area contributed by atoms with Crippen molar-refractivity contribution in [2.45, 2.75) is 18.5 Å². The molecule has 5 heteroatoms. The van der Waals surface area contributed by atoms with E-state index < -0.39 is 0 Å². The molecule has 1 aliphatic heterocycles. The Morgan fingerprint density at radius 3 is 2.79 bits per heavy atom. The van der Waals surface area contributed by atoms with E-state index in [-0.39, 0.29) is 12.1 Å². The summed E-state index contributed by atoms with van der Waals surface area (Å²) in [5.41, 5.74) is 17.1. The van der Waals surface area contributed by atoms with E-state index in [4.69, 9.17) is 21.9 Å². The van der Waals surface area contributed by atoms with E-state index in [0.717, 1.165) is 26.1 Å². The van der Waals surface area contributed by atoms with Gasteiger partial charge < -0.3 is 21.9 Å².